The number of anilines is 2. The number of carbonyl (C=O) groups excluding carboxylic acids is 1. The largest absolute Gasteiger partial charge is 0.496 e. The maximum absolute atomic E-state index is 13.4. The summed E-state index contributed by atoms with van der Waals surface area (Å²) in [5.41, 5.74) is 2.04. The monoisotopic (exact) mass is 378 g/mol. The minimum atomic E-state index is -0.809. The van der Waals surface area contributed by atoms with E-state index in [2.05, 4.69) is 10.6 Å². The summed E-state index contributed by atoms with van der Waals surface area (Å²) in [5, 5.41) is 6.23. The average Bonchev–Trinajstić information content (AvgIpc) is 2.62. The first-order valence-electron chi connectivity index (χ1n) is 8.27. The SMILES string of the molecule is COc1cc(NC(=O)C2CNc3ccc(F)cc3O2)c(Cl)cc1C(C)C. The molecule has 0 spiro atoms. The molecule has 5 nitrogen and oxygen atoms in total. The molecule has 2 N–H and O–H groups in total. The predicted octanol–water partition coefficient (Wildman–Crippen LogP) is 4.42. The van der Waals surface area contributed by atoms with Crippen LogP contribution in [0.4, 0.5) is 15.8 Å². The lowest BCUT2D eigenvalue weighted by Gasteiger charge is -2.26. The molecule has 1 heterocycles. The minimum Gasteiger partial charge on any atom is -0.496 e. The van der Waals surface area contributed by atoms with Gasteiger partial charge in [0.05, 0.1) is 30.1 Å². The van der Waals surface area contributed by atoms with Gasteiger partial charge in [0.2, 0.25) is 0 Å². The molecule has 0 saturated heterocycles. The van der Waals surface area contributed by atoms with Crippen LogP contribution in [0.15, 0.2) is 30.3 Å². The molecule has 3 rings (SSSR count). The molecule has 0 aliphatic carbocycles. The predicted molar refractivity (Wildman–Crippen MR) is 100 cm³/mol. The first-order chi connectivity index (χ1) is 12.4. The Morgan fingerprint density at radius 1 is 1.38 bits per heavy atom. The van der Waals surface area contributed by atoms with Gasteiger partial charge >= 0.3 is 0 Å². The molecule has 2 aromatic rings. The Kier molecular flexibility index (Phi) is 5.23. The van der Waals surface area contributed by atoms with E-state index in [0.717, 1.165) is 5.56 Å². The first-order valence-corrected chi connectivity index (χ1v) is 8.65. The van der Waals surface area contributed by atoms with Gasteiger partial charge in [-0.05, 0) is 29.7 Å². The summed E-state index contributed by atoms with van der Waals surface area (Å²) in [5.74, 6) is 0.367. The van der Waals surface area contributed by atoms with E-state index in [9.17, 15) is 9.18 Å². The summed E-state index contributed by atoms with van der Waals surface area (Å²) in [6, 6.07) is 7.63. The van der Waals surface area contributed by atoms with Crippen molar-refractivity contribution in [2.75, 3.05) is 24.3 Å². The number of amides is 1. The zero-order chi connectivity index (χ0) is 18.8. The summed E-state index contributed by atoms with van der Waals surface area (Å²) in [4.78, 5) is 12.6. The molecular weight excluding hydrogens is 359 g/mol. The van der Waals surface area contributed by atoms with E-state index >= 15 is 0 Å². The summed E-state index contributed by atoms with van der Waals surface area (Å²) in [6.45, 7) is 4.33. The topological polar surface area (TPSA) is 59.6 Å². The van der Waals surface area contributed by atoms with Gasteiger partial charge in [-0.2, -0.15) is 0 Å². The number of benzene rings is 2. The van der Waals surface area contributed by atoms with Gasteiger partial charge in [-0.3, -0.25) is 4.79 Å². The van der Waals surface area contributed by atoms with Crippen LogP contribution in [0.2, 0.25) is 5.02 Å². The van der Waals surface area contributed by atoms with Gasteiger partial charge < -0.3 is 20.1 Å². The van der Waals surface area contributed by atoms with Gasteiger partial charge in [0.25, 0.3) is 5.91 Å². The third-order valence-electron chi connectivity index (χ3n) is 4.18. The summed E-state index contributed by atoms with van der Waals surface area (Å²) in [7, 11) is 1.57. The van der Waals surface area contributed by atoms with Crippen LogP contribution in [-0.4, -0.2) is 25.7 Å². The number of rotatable bonds is 4. The summed E-state index contributed by atoms with van der Waals surface area (Å²) >= 11 is 6.31. The number of halogens is 2. The third-order valence-corrected chi connectivity index (χ3v) is 4.50. The third kappa shape index (κ3) is 3.70. The zero-order valence-electron chi connectivity index (χ0n) is 14.7. The van der Waals surface area contributed by atoms with Crippen molar-refractivity contribution in [2.45, 2.75) is 25.9 Å². The van der Waals surface area contributed by atoms with E-state index in [4.69, 9.17) is 21.1 Å². The van der Waals surface area contributed by atoms with Crippen LogP contribution in [0.25, 0.3) is 0 Å². The Balaban J connectivity index is 1.78. The molecule has 0 saturated carbocycles. The van der Waals surface area contributed by atoms with Gasteiger partial charge in [-0.1, -0.05) is 25.4 Å². The maximum Gasteiger partial charge on any atom is 0.267 e. The van der Waals surface area contributed by atoms with E-state index in [1.807, 2.05) is 13.8 Å². The van der Waals surface area contributed by atoms with Crippen molar-refractivity contribution < 1.29 is 18.7 Å². The highest BCUT2D eigenvalue weighted by Gasteiger charge is 2.27. The van der Waals surface area contributed by atoms with Crippen LogP contribution in [0.5, 0.6) is 11.5 Å². The van der Waals surface area contributed by atoms with E-state index in [1.54, 1.807) is 25.3 Å². The second-order valence-corrected chi connectivity index (χ2v) is 6.75. The van der Waals surface area contributed by atoms with E-state index in [1.165, 1.54) is 12.1 Å². The number of hydrogen-bond acceptors (Lipinski definition) is 4. The summed E-state index contributed by atoms with van der Waals surface area (Å²) < 4.78 is 24.4. The molecule has 1 aliphatic heterocycles. The zero-order valence-corrected chi connectivity index (χ0v) is 15.5. The highest BCUT2D eigenvalue weighted by Crippen LogP contribution is 2.35. The molecule has 0 fully saturated rings. The van der Waals surface area contributed by atoms with Gasteiger partial charge in [0.15, 0.2) is 6.10 Å². The fourth-order valence-corrected chi connectivity index (χ4v) is 3.01. The molecule has 1 unspecified atom stereocenters. The molecule has 138 valence electrons. The van der Waals surface area contributed by atoms with Crippen LogP contribution in [0.3, 0.4) is 0 Å². The molecule has 1 aliphatic rings. The molecule has 7 heteroatoms. The minimum absolute atomic E-state index is 0.226. The summed E-state index contributed by atoms with van der Waals surface area (Å²) in [6.07, 6.45) is -0.809. The van der Waals surface area contributed by atoms with E-state index in [0.29, 0.717) is 27.9 Å². The molecule has 2 aromatic carbocycles. The van der Waals surface area contributed by atoms with Crippen LogP contribution >= 0.6 is 11.6 Å². The second-order valence-electron chi connectivity index (χ2n) is 6.35. The van der Waals surface area contributed by atoms with E-state index < -0.39 is 11.9 Å². The fourth-order valence-electron chi connectivity index (χ4n) is 2.79. The average molecular weight is 379 g/mol. The molecule has 1 amide bonds. The van der Waals surface area contributed by atoms with Crippen molar-refractivity contribution >= 4 is 28.9 Å². The van der Waals surface area contributed by atoms with Gasteiger partial charge in [0.1, 0.15) is 17.3 Å². The maximum atomic E-state index is 13.4. The molecule has 0 bridgehead atoms. The molecular formula is C19H20ClFN2O3. The fraction of sp³-hybridized carbons (Fsp3) is 0.316. The van der Waals surface area contributed by atoms with Crippen molar-refractivity contribution in [2.24, 2.45) is 0 Å². The van der Waals surface area contributed by atoms with Crippen molar-refractivity contribution in [3.8, 4) is 11.5 Å². The Labute approximate surface area is 156 Å². The lowest BCUT2D eigenvalue weighted by molar-refractivity contribution is -0.122. The Bertz CT molecular complexity index is 842. The van der Waals surface area contributed by atoms with Crippen molar-refractivity contribution in [1.82, 2.24) is 0 Å². The van der Waals surface area contributed by atoms with Crippen LogP contribution in [0.1, 0.15) is 25.3 Å². The van der Waals surface area contributed by atoms with Crippen LogP contribution < -0.4 is 20.1 Å². The highest BCUT2D eigenvalue weighted by molar-refractivity contribution is 6.34. The quantitative estimate of drug-likeness (QED) is 0.826. The van der Waals surface area contributed by atoms with Gasteiger partial charge in [0, 0.05) is 12.1 Å². The molecule has 0 radical (unpaired) electrons. The van der Waals surface area contributed by atoms with Gasteiger partial charge in [-0.15, -0.1) is 0 Å². The standard InChI is InChI=1S/C19H20ClFN2O3/c1-10(2)12-7-13(20)15(8-16(12)25-3)23-19(24)18-9-22-14-5-4-11(21)6-17(14)26-18/h4-8,10,18,22H,9H2,1-3H3,(H,23,24). The van der Waals surface area contributed by atoms with Crippen LogP contribution in [-0.2, 0) is 4.79 Å². The van der Waals surface area contributed by atoms with Crippen LogP contribution in [0, 0.1) is 5.82 Å². The number of carbonyl (C=O) groups is 1. The number of nitrogens with one attached hydrogen (secondary N) is 2. The highest BCUT2D eigenvalue weighted by atomic mass is 35.5. The second kappa shape index (κ2) is 7.41. The first kappa shape index (κ1) is 18.3. The number of fused-ring (bicyclic) bond motifs is 1. The molecule has 0 aromatic heterocycles. The Morgan fingerprint density at radius 2 is 2.15 bits per heavy atom. The lowest BCUT2D eigenvalue weighted by atomic mass is 10.0. The Hall–Kier alpha value is -2.47. The van der Waals surface area contributed by atoms with Crippen molar-refractivity contribution in [1.29, 1.82) is 0 Å². The number of methoxy groups -OCH3 is 1. The Morgan fingerprint density at radius 3 is 2.85 bits per heavy atom. The van der Waals surface area contributed by atoms with Crippen molar-refractivity contribution in [3.63, 3.8) is 0 Å². The molecule has 26 heavy (non-hydrogen) atoms. The smallest absolute Gasteiger partial charge is 0.267 e. The number of hydrogen-bond donors (Lipinski definition) is 2. The van der Waals surface area contributed by atoms with E-state index in [-0.39, 0.29) is 18.4 Å². The molecule has 1 atom stereocenters. The van der Waals surface area contributed by atoms with Gasteiger partial charge in [-0.25, -0.2) is 4.39 Å². The van der Waals surface area contributed by atoms with Crippen molar-refractivity contribution in [3.05, 3.63) is 46.7 Å². The number of ether oxygens (including phenoxy) is 2. The lowest BCUT2D eigenvalue weighted by Crippen LogP contribution is -2.41. The normalized spacial score (nSPS) is 15.7.